The second-order valence-electron chi connectivity index (χ2n) is 2.64. The van der Waals surface area contributed by atoms with Gasteiger partial charge in [-0.1, -0.05) is 6.92 Å². The molecule has 3 N–H and O–H groups in total. The van der Waals surface area contributed by atoms with E-state index >= 15 is 0 Å². The first-order chi connectivity index (χ1) is 6.06. The van der Waals surface area contributed by atoms with Gasteiger partial charge in [-0.15, -0.1) is 0 Å². The highest BCUT2D eigenvalue weighted by Gasteiger charge is 2.14. The average molecular weight is 182 g/mol. The molecule has 0 aliphatic carbocycles. The summed E-state index contributed by atoms with van der Waals surface area (Å²) < 4.78 is 0. The van der Waals surface area contributed by atoms with Gasteiger partial charge >= 0.3 is 0 Å². The molecule has 1 aromatic carbocycles. The third-order valence-electron chi connectivity index (χ3n) is 1.70. The Kier molecular flexibility index (Phi) is 2.41. The molecule has 0 saturated heterocycles. The predicted molar refractivity (Wildman–Crippen MR) is 46.1 cm³/mol. The molecule has 0 saturated carbocycles. The van der Waals surface area contributed by atoms with Gasteiger partial charge in [0.2, 0.25) is 0 Å². The van der Waals surface area contributed by atoms with E-state index in [1.165, 1.54) is 0 Å². The summed E-state index contributed by atoms with van der Waals surface area (Å²) in [4.78, 5) is 11.2. The van der Waals surface area contributed by atoms with Crippen molar-refractivity contribution in [3.63, 3.8) is 0 Å². The molecular formula is C9H10O4. The summed E-state index contributed by atoms with van der Waals surface area (Å²) in [7, 11) is 0. The lowest BCUT2D eigenvalue weighted by molar-refractivity contribution is 0.0984. The number of aromatic hydroxyl groups is 3. The van der Waals surface area contributed by atoms with Crippen molar-refractivity contribution in [2.75, 3.05) is 0 Å². The number of hydrogen-bond donors (Lipinski definition) is 3. The van der Waals surface area contributed by atoms with Crippen LogP contribution in [0, 0.1) is 0 Å². The van der Waals surface area contributed by atoms with Gasteiger partial charge in [-0.25, -0.2) is 0 Å². The van der Waals surface area contributed by atoms with E-state index in [1.807, 2.05) is 0 Å². The van der Waals surface area contributed by atoms with Crippen LogP contribution in [0.15, 0.2) is 12.1 Å². The van der Waals surface area contributed by atoms with Crippen molar-refractivity contribution in [3.8, 4) is 17.2 Å². The maximum atomic E-state index is 11.2. The van der Waals surface area contributed by atoms with Gasteiger partial charge in [-0.3, -0.25) is 4.79 Å². The van der Waals surface area contributed by atoms with Crippen molar-refractivity contribution in [2.45, 2.75) is 13.3 Å². The molecule has 0 atom stereocenters. The Labute approximate surface area is 75.1 Å². The zero-order valence-corrected chi connectivity index (χ0v) is 7.11. The van der Waals surface area contributed by atoms with E-state index in [-0.39, 0.29) is 23.5 Å². The summed E-state index contributed by atoms with van der Waals surface area (Å²) in [5, 5.41) is 27.3. The fourth-order valence-corrected chi connectivity index (χ4v) is 1.01. The summed E-state index contributed by atoms with van der Waals surface area (Å²) in [6.45, 7) is 1.63. The molecule has 1 rings (SSSR count). The van der Waals surface area contributed by atoms with Crippen LogP contribution in [0.2, 0.25) is 0 Å². The van der Waals surface area contributed by atoms with Crippen LogP contribution in [0.25, 0.3) is 0 Å². The van der Waals surface area contributed by atoms with E-state index in [0.29, 0.717) is 0 Å². The molecule has 0 heterocycles. The topological polar surface area (TPSA) is 77.8 Å². The van der Waals surface area contributed by atoms with Crippen LogP contribution in [0.4, 0.5) is 0 Å². The highest BCUT2D eigenvalue weighted by molar-refractivity contribution is 5.99. The molecule has 4 nitrogen and oxygen atoms in total. The van der Waals surface area contributed by atoms with Gasteiger partial charge in [-0.05, 0) is 6.07 Å². The van der Waals surface area contributed by atoms with Gasteiger partial charge < -0.3 is 15.3 Å². The molecular weight excluding hydrogens is 172 g/mol. The zero-order valence-electron chi connectivity index (χ0n) is 7.11. The van der Waals surface area contributed by atoms with E-state index in [4.69, 9.17) is 10.2 Å². The summed E-state index contributed by atoms with van der Waals surface area (Å²) in [6, 6.07) is 2.10. The number of benzene rings is 1. The quantitative estimate of drug-likeness (QED) is 0.367. The molecule has 0 aromatic heterocycles. The average Bonchev–Trinajstić information content (AvgIpc) is 2.10. The molecule has 0 fully saturated rings. The molecule has 4 heteroatoms. The third kappa shape index (κ3) is 1.72. The van der Waals surface area contributed by atoms with Crippen LogP contribution in [0.3, 0.4) is 0 Å². The summed E-state index contributed by atoms with van der Waals surface area (Å²) in [6.07, 6.45) is 0.205. The van der Waals surface area contributed by atoms with Crippen LogP contribution < -0.4 is 0 Å². The van der Waals surface area contributed by atoms with Gasteiger partial charge in [0.25, 0.3) is 0 Å². The minimum Gasteiger partial charge on any atom is -0.508 e. The fraction of sp³-hybridized carbons (Fsp3) is 0.222. The molecule has 0 bridgehead atoms. The van der Waals surface area contributed by atoms with Crippen molar-refractivity contribution in [1.29, 1.82) is 0 Å². The monoisotopic (exact) mass is 182 g/mol. The molecule has 13 heavy (non-hydrogen) atoms. The van der Waals surface area contributed by atoms with E-state index in [9.17, 15) is 9.90 Å². The van der Waals surface area contributed by atoms with E-state index in [2.05, 4.69) is 0 Å². The highest BCUT2D eigenvalue weighted by atomic mass is 16.3. The summed E-state index contributed by atoms with van der Waals surface area (Å²) in [5.74, 6) is -1.54. The van der Waals surface area contributed by atoms with Gasteiger partial charge in [0.1, 0.15) is 5.75 Å². The van der Waals surface area contributed by atoms with Gasteiger partial charge in [-0.2, -0.15) is 0 Å². The first kappa shape index (κ1) is 9.38. The second kappa shape index (κ2) is 3.35. The van der Waals surface area contributed by atoms with Crippen LogP contribution in [0.5, 0.6) is 17.2 Å². The number of ketones is 1. The minimum absolute atomic E-state index is 0.0556. The molecule has 0 unspecified atom stereocenters. The van der Waals surface area contributed by atoms with Crippen molar-refractivity contribution >= 4 is 5.78 Å². The van der Waals surface area contributed by atoms with Gasteiger partial charge in [0, 0.05) is 12.5 Å². The molecule has 0 aliphatic heterocycles. The smallest absolute Gasteiger partial charge is 0.168 e. The SMILES string of the molecule is CCC(=O)c1cc(O)cc(O)c1O. The Morgan fingerprint density at radius 1 is 1.31 bits per heavy atom. The number of hydrogen-bond acceptors (Lipinski definition) is 4. The Morgan fingerprint density at radius 2 is 1.92 bits per heavy atom. The molecule has 70 valence electrons. The van der Waals surface area contributed by atoms with Crippen LogP contribution in [0.1, 0.15) is 23.7 Å². The van der Waals surface area contributed by atoms with Crippen LogP contribution in [-0.4, -0.2) is 21.1 Å². The highest BCUT2D eigenvalue weighted by Crippen LogP contribution is 2.33. The zero-order chi connectivity index (χ0) is 10.0. The number of phenols is 3. The largest absolute Gasteiger partial charge is 0.508 e. The third-order valence-corrected chi connectivity index (χ3v) is 1.70. The second-order valence-corrected chi connectivity index (χ2v) is 2.64. The van der Waals surface area contributed by atoms with E-state index in [0.717, 1.165) is 12.1 Å². The lowest BCUT2D eigenvalue weighted by atomic mass is 10.1. The Bertz CT molecular complexity index is 344. The standard InChI is InChI=1S/C9H10O4/c1-2-7(11)6-3-5(10)4-8(12)9(6)13/h3-4,10,12-13H,2H2,1H3. The summed E-state index contributed by atoms with van der Waals surface area (Å²) in [5.41, 5.74) is -0.0556. The predicted octanol–water partition coefficient (Wildman–Crippen LogP) is 1.40. The number of rotatable bonds is 2. The van der Waals surface area contributed by atoms with Crippen LogP contribution in [-0.2, 0) is 0 Å². The maximum absolute atomic E-state index is 11.2. The molecule has 0 amide bonds. The normalized spacial score (nSPS) is 9.92. The number of carbonyl (C=O) groups excluding carboxylic acids is 1. The maximum Gasteiger partial charge on any atom is 0.168 e. The Hall–Kier alpha value is -1.71. The Balaban J connectivity index is 3.28. The minimum atomic E-state index is -0.489. The molecule has 0 radical (unpaired) electrons. The molecule has 0 spiro atoms. The number of phenolic OH excluding ortho intramolecular Hbond substituents is 3. The van der Waals surface area contributed by atoms with Gasteiger partial charge in [0.15, 0.2) is 17.3 Å². The lowest BCUT2D eigenvalue weighted by Gasteiger charge is -2.04. The number of carbonyl (C=O) groups is 1. The van der Waals surface area contributed by atoms with Crippen molar-refractivity contribution in [3.05, 3.63) is 17.7 Å². The van der Waals surface area contributed by atoms with Gasteiger partial charge in [0.05, 0.1) is 5.56 Å². The first-order valence-corrected chi connectivity index (χ1v) is 3.84. The lowest BCUT2D eigenvalue weighted by Crippen LogP contribution is -1.96. The fourth-order valence-electron chi connectivity index (χ4n) is 1.01. The number of Topliss-reactive ketones (excluding diaryl/α,β-unsaturated/α-hetero) is 1. The summed E-state index contributed by atoms with van der Waals surface area (Å²) >= 11 is 0. The van der Waals surface area contributed by atoms with E-state index < -0.39 is 11.5 Å². The van der Waals surface area contributed by atoms with Crippen LogP contribution >= 0.6 is 0 Å². The Morgan fingerprint density at radius 3 is 2.46 bits per heavy atom. The molecule has 1 aromatic rings. The van der Waals surface area contributed by atoms with Crippen molar-refractivity contribution in [1.82, 2.24) is 0 Å². The van der Waals surface area contributed by atoms with Crippen molar-refractivity contribution < 1.29 is 20.1 Å². The van der Waals surface area contributed by atoms with E-state index in [1.54, 1.807) is 6.92 Å². The van der Waals surface area contributed by atoms with Crippen molar-refractivity contribution in [2.24, 2.45) is 0 Å². The first-order valence-electron chi connectivity index (χ1n) is 3.84. The molecule has 0 aliphatic rings.